The Bertz CT molecular complexity index is 774. The first kappa shape index (κ1) is 18.7. The van der Waals surface area contributed by atoms with Crippen LogP contribution < -0.4 is 5.14 Å². The SMILES string of the molecule is NS(=O)(=O)c1ccccc1-c1ccccc1.O=C(O)C(F)(F)F. The first-order chi connectivity index (χ1) is 10.5. The fourth-order valence-corrected chi connectivity index (χ4v) is 2.33. The van der Waals surface area contributed by atoms with Crippen molar-refractivity contribution in [2.75, 3.05) is 0 Å². The van der Waals surface area contributed by atoms with Crippen LogP contribution in [0.15, 0.2) is 59.5 Å². The summed E-state index contributed by atoms with van der Waals surface area (Å²) in [5, 5.41) is 12.3. The van der Waals surface area contributed by atoms with Crippen LogP contribution in [0.3, 0.4) is 0 Å². The minimum Gasteiger partial charge on any atom is -0.475 e. The Balaban J connectivity index is 0.000000322. The highest BCUT2D eigenvalue weighted by Gasteiger charge is 2.38. The van der Waals surface area contributed by atoms with E-state index in [1.807, 2.05) is 30.3 Å². The molecule has 0 unspecified atom stereocenters. The molecule has 3 N–H and O–H groups in total. The van der Waals surface area contributed by atoms with E-state index in [1.54, 1.807) is 18.2 Å². The molecule has 0 spiro atoms. The lowest BCUT2D eigenvalue weighted by Gasteiger charge is -2.07. The van der Waals surface area contributed by atoms with Crippen molar-refractivity contribution in [2.24, 2.45) is 5.14 Å². The van der Waals surface area contributed by atoms with Gasteiger partial charge in [-0.1, -0.05) is 48.5 Å². The molecular formula is C14H12F3NO4S. The zero-order valence-corrected chi connectivity index (χ0v) is 12.3. The number of halogens is 3. The zero-order valence-electron chi connectivity index (χ0n) is 11.5. The molecule has 0 bridgehead atoms. The molecule has 5 nitrogen and oxygen atoms in total. The molecule has 0 saturated carbocycles. The molecule has 2 aromatic carbocycles. The standard InChI is InChI=1S/C12H11NO2S.C2HF3O2/c13-16(14,15)12-9-5-4-8-11(12)10-6-2-1-3-7-10;3-2(4,5)1(6)7/h1-9H,(H2,13,14,15);(H,6,7). The Kier molecular flexibility index (Phi) is 5.88. The minimum absolute atomic E-state index is 0.154. The van der Waals surface area contributed by atoms with E-state index < -0.39 is 22.2 Å². The molecular weight excluding hydrogens is 335 g/mol. The van der Waals surface area contributed by atoms with E-state index in [-0.39, 0.29) is 4.90 Å². The number of primary sulfonamides is 1. The van der Waals surface area contributed by atoms with Crippen molar-refractivity contribution in [2.45, 2.75) is 11.1 Å². The van der Waals surface area contributed by atoms with Gasteiger partial charge in [0.2, 0.25) is 10.0 Å². The van der Waals surface area contributed by atoms with E-state index in [4.69, 9.17) is 15.0 Å². The summed E-state index contributed by atoms with van der Waals surface area (Å²) in [4.78, 5) is 9.05. The van der Waals surface area contributed by atoms with E-state index in [1.165, 1.54) is 6.07 Å². The van der Waals surface area contributed by atoms with Gasteiger partial charge in [-0.15, -0.1) is 0 Å². The Morgan fingerprint density at radius 2 is 1.39 bits per heavy atom. The number of hydrogen-bond donors (Lipinski definition) is 2. The first-order valence-corrected chi connectivity index (χ1v) is 7.55. The Morgan fingerprint density at radius 3 is 1.83 bits per heavy atom. The predicted octanol–water partition coefficient (Wildman–Crippen LogP) is 2.63. The van der Waals surface area contributed by atoms with Crippen LogP contribution in [0.25, 0.3) is 11.1 Å². The maximum atomic E-state index is 11.4. The number of carboxylic acid groups (broad SMARTS) is 1. The molecule has 0 aliphatic carbocycles. The monoisotopic (exact) mass is 347 g/mol. The molecule has 0 atom stereocenters. The first-order valence-electron chi connectivity index (χ1n) is 6.01. The van der Waals surface area contributed by atoms with E-state index in [0.29, 0.717) is 5.56 Å². The lowest BCUT2D eigenvalue weighted by molar-refractivity contribution is -0.192. The average molecular weight is 347 g/mol. The fourth-order valence-electron chi connectivity index (χ4n) is 1.57. The van der Waals surface area contributed by atoms with Crippen LogP contribution in [0.4, 0.5) is 13.2 Å². The quantitative estimate of drug-likeness (QED) is 0.872. The van der Waals surface area contributed by atoms with Crippen molar-refractivity contribution in [3.63, 3.8) is 0 Å². The van der Waals surface area contributed by atoms with Gasteiger partial charge in [0.25, 0.3) is 0 Å². The van der Waals surface area contributed by atoms with E-state index in [2.05, 4.69) is 0 Å². The highest BCUT2D eigenvalue weighted by molar-refractivity contribution is 7.89. The molecule has 0 amide bonds. The topological polar surface area (TPSA) is 97.5 Å². The Labute approximate surface area is 130 Å². The number of rotatable bonds is 2. The summed E-state index contributed by atoms with van der Waals surface area (Å²) in [7, 11) is -3.68. The summed E-state index contributed by atoms with van der Waals surface area (Å²) < 4.78 is 54.5. The van der Waals surface area contributed by atoms with Gasteiger partial charge in [0.1, 0.15) is 0 Å². The number of nitrogens with two attached hydrogens (primary N) is 1. The molecule has 0 saturated heterocycles. The summed E-state index contributed by atoms with van der Waals surface area (Å²) in [6.07, 6.45) is -5.08. The highest BCUT2D eigenvalue weighted by atomic mass is 32.2. The number of benzene rings is 2. The second-order valence-electron chi connectivity index (χ2n) is 4.21. The number of carboxylic acids is 1. The largest absolute Gasteiger partial charge is 0.490 e. The number of alkyl halides is 3. The smallest absolute Gasteiger partial charge is 0.475 e. The molecule has 23 heavy (non-hydrogen) atoms. The summed E-state index contributed by atoms with van der Waals surface area (Å²) in [6, 6.07) is 16.0. The molecule has 0 aliphatic rings. The number of carbonyl (C=O) groups is 1. The molecule has 124 valence electrons. The Hall–Kier alpha value is -2.39. The van der Waals surface area contributed by atoms with Crippen molar-refractivity contribution in [1.82, 2.24) is 0 Å². The van der Waals surface area contributed by atoms with Crippen molar-refractivity contribution >= 4 is 16.0 Å². The van der Waals surface area contributed by atoms with Gasteiger partial charge in [-0.05, 0) is 11.6 Å². The van der Waals surface area contributed by atoms with E-state index in [9.17, 15) is 21.6 Å². The van der Waals surface area contributed by atoms with Gasteiger partial charge in [-0.25, -0.2) is 18.4 Å². The molecule has 0 fully saturated rings. The number of sulfonamides is 1. The average Bonchev–Trinajstić information content (AvgIpc) is 2.47. The second-order valence-corrected chi connectivity index (χ2v) is 5.74. The van der Waals surface area contributed by atoms with Gasteiger partial charge in [-0.3, -0.25) is 0 Å². The number of aliphatic carboxylic acids is 1. The lowest BCUT2D eigenvalue weighted by Crippen LogP contribution is -2.21. The van der Waals surface area contributed by atoms with Crippen molar-refractivity contribution in [3.05, 3.63) is 54.6 Å². The van der Waals surface area contributed by atoms with Crippen LogP contribution in [0, 0.1) is 0 Å². The molecule has 0 radical (unpaired) electrons. The van der Waals surface area contributed by atoms with Crippen LogP contribution in [-0.2, 0) is 14.8 Å². The predicted molar refractivity (Wildman–Crippen MR) is 76.9 cm³/mol. The normalized spacial score (nSPS) is 11.3. The molecule has 2 aromatic rings. The van der Waals surface area contributed by atoms with Gasteiger partial charge >= 0.3 is 12.1 Å². The fraction of sp³-hybridized carbons (Fsp3) is 0.0714. The maximum Gasteiger partial charge on any atom is 0.490 e. The third kappa shape index (κ3) is 5.72. The molecule has 0 aliphatic heterocycles. The molecule has 9 heteroatoms. The third-order valence-electron chi connectivity index (χ3n) is 2.52. The summed E-state index contributed by atoms with van der Waals surface area (Å²) in [5.41, 5.74) is 1.47. The van der Waals surface area contributed by atoms with E-state index in [0.717, 1.165) is 5.56 Å². The lowest BCUT2D eigenvalue weighted by atomic mass is 10.1. The van der Waals surface area contributed by atoms with Crippen LogP contribution in [-0.4, -0.2) is 25.7 Å². The Morgan fingerprint density at radius 1 is 0.957 bits per heavy atom. The van der Waals surface area contributed by atoms with Gasteiger partial charge in [0, 0.05) is 5.56 Å². The molecule has 0 aromatic heterocycles. The number of hydrogen-bond acceptors (Lipinski definition) is 3. The minimum atomic E-state index is -5.08. The molecule has 0 heterocycles. The van der Waals surface area contributed by atoms with E-state index >= 15 is 0 Å². The second kappa shape index (κ2) is 7.25. The van der Waals surface area contributed by atoms with Crippen LogP contribution in [0.5, 0.6) is 0 Å². The van der Waals surface area contributed by atoms with Gasteiger partial charge in [-0.2, -0.15) is 13.2 Å². The van der Waals surface area contributed by atoms with Gasteiger partial charge in [0.05, 0.1) is 4.90 Å². The third-order valence-corrected chi connectivity index (χ3v) is 3.49. The molecule has 2 rings (SSSR count). The van der Waals surface area contributed by atoms with Crippen LogP contribution >= 0.6 is 0 Å². The summed E-state index contributed by atoms with van der Waals surface area (Å²) in [6.45, 7) is 0. The van der Waals surface area contributed by atoms with Crippen molar-refractivity contribution < 1.29 is 31.5 Å². The highest BCUT2D eigenvalue weighted by Crippen LogP contribution is 2.25. The van der Waals surface area contributed by atoms with Crippen molar-refractivity contribution in [3.8, 4) is 11.1 Å². The summed E-state index contributed by atoms with van der Waals surface area (Å²) in [5.74, 6) is -2.76. The van der Waals surface area contributed by atoms with Crippen LogP contribution in [0.2, 0.25) is 0 Å². The van der Waals surface area contributed by atoms with Crippen LogP contribution in [0.1, 0.15) is 0 Å². The van der Waals surface area contributed by atoms with Gasteiger partial charge in [0.15, 0.2) is 0 Å². The maximum absolute atomic E-state index is 11.4. The van der Waals surface area contributed by atoms with Gasteiger partial charge < -0.3 is 5.11 Å². The summed E-state index contributed by atoms with van der Waals surface area (Å²) >= 11 is 0. The van der Waals surface area contributed by atoms with Crippen molar-refractivity contribution in [1.29, 1.82) is 0 Å². The zero-order chi connectivity index (χ0) is 17.7.